The fourth-order valence-corrected chi connectivity index (χ4v) is 7.35. The molecule has 1 aromatic heterocycles. The standard InChI is InChI=1S/C37H42F2N8O4/c1-3-34(25(2)48)47-36(49)46(24-42-47)30-7-5-28(6-8-30)44-14-16-45(17-15-44)29-9-11-31(12-10-29)50-21-26-19-37(51-22-26,20-35-40-23-41-43-35)32-13-4-27(38)18-33(32)39/h4-13,18,23-26,34-35,48H,3,14-17,19-22H2,1-2H3/t25-,26+,34-,35?,37-/m0/s1. The predicted molar refractivity (Wildman–Crippen MR) is 189 cm³/mol. The molecule has 268 valence electrons. The number of aliphatic hydroxyl groups excluding tert-OH is 1. The van der Waals surface area contributed by atoms with Gasteiger partial charge < -0.3 is 24.4 Å². The van der Waals surface area contributed by atoms with Crippen molar-refractivity contribution in [3.63, 3.8) is 0 Å². The number of azo groups is 1. The summed E-state index contributed by atoms with van der Waals surface area (Å²) in [4.78, 5) is 21.9. The van der Waals surface area contributed by atoms with Crippen LogP contribution in [0.4, 0.5) is 20.2 Å². The topological polar surface area (TPSA) is 122 Å². The molecule has 1 unspecified atom stereocenters. The minimum absolute atomic E-state index is 0.0132. The largest absolute Gasteiger partial charge is 0.493 e. The Morgan fingerprint density at radius 1 is 0.980 bits per heavy atom. The summed E-state index contributed by atoms with van der Waals surface area (Å²) in [6.45, 7) is 7.71. The van der Waals surface area contributed by atoms with Gasteiger partial charge in [-0.25, -0.2) is 27.8 Å². The average molecular weight is 701 g/mol. The van der Waals surface area contributed by atoms with Crippen LogP contribution in [0.1, 0.15) is 44.7 Å². The van der Waals surface area contributed by atoms with Gasteiger partial charge in [-0.3, -0.25) is 0 Å². The van der Waals surface area contributed by atoms with E-state index in [4.69, 9.17) is 9.47 Å². The maximum atomic E-state index is 15.0. The van der Waals surface area contributed by atoms with Gasteiger partial charge in [0.05, 0.1) is 31.0 Å². The van der Waals surface area contributed by atoms with E-state index in [1.807, 2.05) is 43.3 Å². The van der Waals surface area contributed by atoms with Gasteiger partial charge in [-0.1, -0.05) is 13.0 Å². The number of hydrogen-bond acceptors (Lipinski definition) is 10. The van der Waals surface area contributed by atoms with Crippen LogP contribution in [-0.2, 0) is 10.3 Å². The van der Waals surface area contributed by atoms with E-state index < -0.39 is 29.5 Å². The molecule has 2 saturated heterocycles. The van der Waals surface area contributed by atoms with Gasteiger partial charge in [0.2, 0.25) is 0 Å². The Bertz CT molecular complexity index is 1910. The van der Waals surface area contributed by atoms with E-state index in [-0.39, 0.29) is 17.6 Å². The molecule has 51 heavy (non-hydrogen) atoms. The van der Waals surface area contributed by atoms with Crippen molar-refractivity contribution >= 4 is 17.7 Å². The lowest BCUT2D eigenvalue weighted by molar-refractivity contribution is -0.0153. The highest BCUT2D eigenvalue weighted by Crippen LogP contribution is 2.45. The summed E-state index contributed by atoms with van der Waals surface area (Å²) in [6, 6.07) is 19.1. The molecular weight excluding hydrogens is 658 g/mol. The molecule has 2 fully saturated rings. The van der Waals surface area contributed by atoms with Crippen LogP contribution in [0.2, 0.25) is 0 Å². The zero-order valence-corrected chi connectivity index (χ0v) is 28.7. The highest BCUT2D eigenvalue weighted by atomic mass is 19.1. The van der Waals surface area contributed by atoms with Crippen LogP contribution in [0.3, 0.4) is 0 Å². The van der Waals surface area contributed by atoms with E-state index in [0.29, 0.717) is 38.0 Å². The van der Waals surface area contributed by atoms with E-state index in [2.05, 4.69) is 42.3 Å². The van der Waals surface area contributed by atoms with Gasteiger partial charge in [0, 0.05) is 61.5 Å². The number of halogens is 2. The van der Waals surface area contributed by atoms with E-state index in [9.17, 15) is 18.7 Å². The number of rotatable bonds is 12. The molecule has 1 N–H and O–H groups in total. The third kappa shape index (κ3) is 7.29. The molecule has 3 aliphatic rings. The number of aliphatic hydroxyl groups is 1. The van der Waals surface area contributed by atoms with Crippen LogP contribution in [0.5, 0.6) is 5.75 Å². The predicted octanol–water partition coefficient (Wildman–Crippen LogP) is 5.49. The monoisotopic (exact) mass is 700 g/mol. The fourth-order valence-electron chi connectivity index (χ4n) is 7.35. The van der Waals surface area contributed by atoms with Crippen molar-refractivity contribution in [3.8, 4) is 11.4 Å². The molecule has 0 spiro atoms. The van der Waals surface area contributed by atoms with Gasteiger partial charge in [0.15, 0.2) is 6.17 Å². The zero-order chi connectivity index (χ0) is 35.5. The number of aliphatic imine (C=N–C) groups is 1. The molecule has 5 atom stereocenters. The van der Waals surface area contributed by atoms with E-state index in [0.717, 1.165) is 55.1 Å². The third-order valence-corrected chi connectivity index (χ3v) is 10.1. The zero-order valence-electron chi connectivity index (χ0n) is 28.7. The van der Waals surface area contributed by atoms with Crippen molar-refractivity contribution in [1.29, 1.82) is 0 Å². The number of hydrogen-bond donors (Lipinski definition) is 1. The van der Waals surface area contributed by atoms with Crippen molar-refractivity contribution in [3.05, 3.63) is 101 Å². The summed E-state index contributed by atoms with van der Waals surface area (Å²) in [7, 11) is 0. The third-order valence-electron chi connectivity index (χ3n) is 10.1. The Kier molecular flexibility index (Phi) is 9.96. The Balaban J connectivity index is 0.920. The van der Waals surface area contributed by atoms with E-state index in [1.165, 1.54) is 34.0 Å². The molecule has 12 nitrogen and oxygen atoms in total. The van der Waals surface area contributed by atoms with Crippen molar-refractivity contribution < 1.29 is 23.4 Å². The molecule has 7 rings (SSSR count). The number of aromatic nitrogens is 3. The van der Waals surface area contributed by atoms with Crippen molar-refractivity contribution in [2.24, 2.45) is 21.1 Å². The summed E-state index contributed by atoms with van der Waals surface area (Å²) in [6.07, 6.45) is 3.12. The molecule has 0 aliphatic carbocycles. The molecular formula is C37H42F2N8O4. The number of nitrogens with zero attached hydrogens (tertiary/aromatic N) is 8. The van der Waals surface area contributed by atoms with Crippen LogP contribution in [0, 0.1) is 17.6 Å². The quantitative estimate of drug-likeness (QED) is 0.208. The van der Waals surface area contributed by atoms with Gasteiger partial charge >= 0.3 is 5.69 Å². The lowest BCUT2D eigenvalue weighted by Crippen LogP contribution is -2.46. The molecule has 0 bridgehead atoms. The molecule has 0 saturated carbocycles. The van der Waals surface area contributed by atoms with Gasteiger partial charge in [-0.2, -0.15) is 10.2 Å². The van der Waals surface area contributed by atoms with Crippen LogP contribution in [0.15, 0.2) is 93.1 Å². The minimum Gasteiger partial charge on any atom is -0.493 e. The van der Waals surface area contributed by atoms with Gasteiger partial charge in [-0.15, -0.1) is 5.11 Å². The molecule has 0 radical (unpaired) electrons. The highest BCUT2D eigenvalue weighted by molar-refractivity contribution is 5.56. The normalized spacial score (nSPS) is 22.8. The van der Waals surface area contributed by atoms with Gasteiger partial charge in [0.25, 0.3) is 0 Å². The van der Waals surface area contributed by atoms with Crippen molar-refractivity contribution in [2.75, 3.05) is 49.2 Å². The van der Waals surface area contributed by atoms with Crippen LogP contribution in [-0.4, -0.2) is 77.5 Å². The number of benzene rings is 3. The average Bonchev–Trinajstić information content (AvgIpc) is 3.90. The lowest BCUT2D eigenvalue weighted by Gasteiger charge is -2.37. The lowest BCUT2D eigenvalue weighted by atomic mass is 9.83. The Morgan fingerprint density at radius 2 is 1.65 bits per heavy atom. The minimum atomic E-state index is -1.01. The Labute approximate surface area is 294 Å². The van der Waals surface area contributed by atoms with Gasteiger partial charge in [-0.05, 0) is 74.4 Å². The second kappa shape index (κ2) is 14.7. The summed E-state index contributed by atoms with van der Waals surface area (Å²) in [5.41, 5.74) is 1.94. The summed E-state index contributed by atoms with van der Waals surface area (Å²) in [5, 5.41) is 22.2. The first-order valence-electron chi connectivity index (χ1n) is 17.4. The number of ether oxygens (including phenoxy) is 2. The smallest absolute Gasteiger partial charge is 0.350 e. The number of anilines is 2. The number of piperazine rings is 1. The second-order valence-electron chi connectivity index (χ2n) is 13.4. The molecule has 3 aromatic carbocycles. The summed E-state index contributed by atoms with van der Waals surface area (Å²) >= 11 is 0. The molecule has 0 amide bonds. The first-order valence-corrected chi connectivity index (χ1v) is 17.4. The van der Waals surface area contributed by atoms with E-state index in [1.54, 1.807) is 6.92 Å². The van der Waals surface area contributed by atoms with E-state index >= 15 is 0 Å². The summed E-state index contributed by atoms with van der Waals surface area (Å²) < 4.78 is 44.0. The van der Waals surface area contributed by atoms with Crippen LogP contribution < -0.4 is 20.2 Å². The van der Waals surface area contributed by atoms with Gasteiger partial charge in [0.1, 0.15) is 35.7 Å². The Hall–Kier alpha value is -4.95. The molecule has 3 aliphatic heterocycles. The molecule has 14 heteroatoms. The molecule has 4 aromatic rings. The van der Waals surface area contributed by atoms with Crippen molar-refractivity contribution in [1.82, 2.24) is 14.3 Å². The SMILES string of the molecule is CC[C@@H]([C@H](C)O)n1ncn(-c2ccc(N3CCN(c4ccc(OC[C@@H]5CO[C@@](CC6N=CN=N6)(c6ccc(F)cc6F)C5)cc4)CC3)cc2)c1=O. The van der Waals surface area contributed by atoms with Crippen molar-refractivity contribution in [2.45, 2.75) is 57.0 Å². The second-order valence-corrected chi connectivity index (χ2v) is 13.4. The molecule has 4 heterocycles. The highest BCUT2D eigenvalue weighted by Gasteiger charge is 2.46. The maximum Gasteiger partial charge on any atom is 0.350 e. The Morgan fingerprint density at radius 3 is 2.25 bits per heavy atom. The van der Waals surface area contributed by atoms with Crippen LogP contribution >= 0.6 is 0 Å². The fraction of sp³-hybridized carbons (Fsp3) is 0.432. The van der Waals surface area contributed by atoms with Crippen LogP contribution in [0.25, 0.3) is 5.69 Å². The maximum absolute atomic E-state index is 15.0. The first-order chi connectivity index (χ1) is 24.7. The first kappa shape index (κ1) is 34.5. The summed E-state index contributed by atoms with van der Waals surface area (Å²) in [5.74, 6) is -0.569.